The Hall–Kier alpha value is -1.32. The van der Waals surface area contributed by atoms with Gasteiger partial charge in [-0.1, -0.05) is 32.1 Å². The van der Waals surface area contributed by atoms with E-state index in [9.17, 15) is 4.79 Å². The van der Waals surface area contributed by atoms with Gasteiger partial charge in [-0.05, 0) is 19.8 Å². The molecule has 2 rings (SSSR count). The molecule has 0 aromatic carbocycles. The number of nitrogens with zero attached hydrogens (tertiary/aromatic N) is 1. The van der Waals surface area contributed by atoms with Gasteiger partial charge in [0.05, 0.1) is 12.2 Å². The lowest BCUT2D eigenvalue weighted by atomic mass is 9.90. The molecule has 2 N–H and O–H groups in total. The van der Waals surface area contributed by atoms with Crippen molar-refractivity contribution in [2.45, 2.75) is 57.9 Å². The molecule has 100 valence electrons. The quantitative estimate of drug-likeness (QED) is 0.865. The molecule has 1 atom stereocenters. The average molecular weight is 249 g/mol. The molecule has 1 aromatic rings. The zero-order chi connectivity index (χ0) is 12.8. The summed E-state index contributed by atoms with van der Waals surface area (Å²) in [6, 6.07) is 0.0432. The maximum atomic E-state index is 12.2. The summed E-state index contributed by atoms with van der Waals surface area (Å²) >= 11 is 0. The molecule has 4 heteroatoms. The molecule has 1 amide bonds. The first-order valence-corrected chi connectivity index (χ1v) is 7.06. The van der Waals surface area contributed by atoms with Gasteiger partial charge in [0.15, 0.2) is 0 Å². The van der Waals surface area contributed by atoms with E-state index in [1.165, 1.54) is 32.1 Å². The molecule has 1 fully saturated rings. The molecule has 0 bridgehead atoms. The Balaban J connectivity index is 1.86. The summed E-state index contributed by atoms with van der Waals surface area (Å²) in [5, 5.41) is 9.80. The molecule has 0 radical (unpaired) electrons. The Morgan fingerprint density at radius 3 is 2.61 bits per heavy atom. The predicted molar refractivity (Wildman–Crippen MR) is 71.0 cm³/mol. The highest BCUT2D eigenvalue weighted by atomic mass is 16.1. The third-order valence-electron chi connectivity index (χ3n) is 3.85. The number of aromatic amines is 1. The van der Waals surface area contributed by atoms with E-state index in [1.807, 2.05) is 13.1 Å². The maximum Gasteiger partial charge on any atom is 0.223 e. The van der Waals surface area contributed by atoms with Crippen LogP contribution in [0.25, 0.3) is 0 Å². The van der Waals surface area contributed by atoms with Gasteiger partial charge >= 0.3 is 0 Å². The second-order valence-electron chi connectivity index (χ2n) is 5.30. The van der Waals surface area contributed by atoms with E-state index in [0.717, 1.165) is 18.4 Å². The van der Waals surface area contributed by atoms with Crippen LogP contribution in [0.5, 0.6) is 0 Å². The third-order valence-corrected chi connectivity index (χ3v) is 3.85. The highest BCUT2D eigenvalue weighted by Crippen LogP contribution is 2.23. The highest BCUT2D eigenvalue weighted by molar-refractivity contribution is 5.79. The minimum Gasteiger partial charge on any atom is -0.349 e. The van der Waals surface area contributed by atoms with Crippen molar-refractivity contribution in [3.8, 4) is 0 Å². The van der Waals surface area contributed by atoms with Crippen molar-refractivity contribution in [2.75, 3.05) is 0 Å². The Kier molecular flexibility index (Phi) is 4.79. The molecule has 1 saturated carbocycles. The number of H-pyrrole nitrogens is 1. The Labute approximate surface area is 109 Å². The van der Waals surface area contributed by atoms with Gasteiger partial charge in [-0.15, -0.1) is 0 Å². The van der Waals surface area contributed by atoms with Gasteiger partial charge < -0.3 is 5.32 Å². The molecule has 18 heavy (non-hydrogen) atoms. The number of carbonyl (C=O) groups is 1. The topological polar surface area (TPSA) is 57.8 Å². The van der Waals surface area contributed by atoms with Gasteiger partial charge in [-0.25, -0.2) is 0 Å². The van der Waals surface area contributed by atoms with E-state index in [-0.39, 0.29) is 17.9 Å². The van der Waals surface area contributed by atoms with Crippen molar-refractivity contribution in [1.82, 2.24) is 15.5 Å². The molecule has 1 aliphatic carbocycles. The van der Waals surface area contributed by atoms with Crippen molar-refractivity contribution in [2.24, 2.45) is 5.92 Å². The summed E-state index contributed by atoms with van der Waals surface area (Å²) < 4.78 is 0. The summed E-state index contributed by atoms with van der Waals surface area (Å²) in [5.74, 6) is 0.422. The number of amides is 1. The van der Waals surface area contributed by atoms with Crippen molar-refractivity contribution in [3.63, 3.8) is 0 Å². The first kappa shape index (κ1) is 13.1. The van der Waals surface area contributed by atoms with Crippen LogP contribution < -0.4 is 5.32 Å². The SMILES string of the molecule is CC(NC(=O)C1CCCCCCC1)c1cn[nH]c1. The van der Waals surface area contributed by atoms with Crippen molar-refractivity contribution in [3.05, 3.63) is 18.0 Å². The zero-order valence-electron chi connectivity index (χ0n) is 11.1. The lowest BCUT2D eigenvalue weighted by molar-refractivity contribution is -0.126. The third kappa shape index (κ3) is 3.59. The minimum absolute atomic E-state index is 0.0432. The van der Waals surface area contributed by atoms with Crippen LogP contribution in [0.15, 0.2) is 12.4 Å². The summed E-state index contributed by atoms with van der Waals surface area (Å²) in [4.78, 5) is 12.2. The normalized spacial score (nSPS) is 19.8. The van der Waals surface area contributed by atoms with E-state index in [1.54, 1.807) is 6.20 Å². The number of aromatic nitrogens is 2. The predicted octanol–water partition coefficient (Wildman–Crippen LogP) is 2.95. The molecule has 1 heterocycles. The monoisotopic (exact) mass is 249 g/mol. The largest absolute Gasteiger partial charge is 0.349 e. The van der Waals surface area contributed by atoms with Crippen LogP contribution in [-0.2, 0) is 4.79 Å². The molecule has 4 nitrogen and oxygen atoms in total. The highest BCUT2D eigenvalue weighted by Gasteiger charge is 2.21. The van der Waals surface area contributed by atoms with Crippen LogP contribution in [0.4, 0.5) is 0 Å². The van der Waals surface area contributed by atoms with Crippen molar-refractivity contribution in [1.29, 1.82) is 0 Å². The van der Waals surface area contributed by atoms with Gasteiger partial charge in [-0.2, -0.15) is 5.10 Å². The number of hydrogen-bond donors (Lipinski definition) is 2. The Bertz CT molecular complexity index is 353. The van der Waals surface area contributed by atoms with E-state index < -0.39 is 0 Å². The van der Waals surface area contributed by atoms with Crippen molar-refractivity contribution >= 4 is 5.91 Å². The Morgan fingerprint density at radius 2 is 2.00 bits per heavy atom. The molecular weight excluding hydrogens is 226 g/mol. The average Bonchev–Trinajstić information content (AvgIpc) is 2.81. The zero-order valence-corrected chi connectivity index (χ0v) is 11.1. The number of rotatable bonds is 3. The molecule has 1 aliphatic rings. The van der Waals surface area contributed by atoms with Crippen LogP contribution in [0.1, 0.15) is 63.5 Å². The molecule has 1 unspecified atom stereocenters. The van der Waals surface area contributed by atoms with Crippen LogP contribution in [-0.4, -0.2) is 16.1 Å². The van der Waals surface area contributed by atoms with Crippen molar-refractivity contribution < 1.29 is 4.79 Å². The Morgan fingerprint density at radius 1 is 1.33 bits per heavy atom. The van der Waals surface area contributed by atoms with Crippen LogP contribution in [0, 0.1) is 5.92 Å². The van der Waals surface area contributed by atoms with Crippen LogP contribution in [0.3, 0.4) is 0 Å². The summed E-state index contributed by atoms with van der Waals surface area (Å²) in [5.41, 5.74) is 1.04. The van der Waals surface area contributed by atoms with Gasteiger partial charge in [-0.3, -0.25) is 9.89 Å². The minimum atomic E-state index is 0.0432. The second-order valence-corrected chi connectivity index (χ2v) is 5.30. The first-order valence-electron chi connectivity index (χ1n) is 7.06. The van der Waals surface area contributed by atoms with Gasteiger partial charge in [0.25, 0.3) is 0 Å². The first-order chi connectivity index (χ1) is 8.77. The number of nitrogens with one attached hydrogen (secondary N) is 2. The lowest BCUT2D eigenvalue weighted by Crippen LogP contribution is -2.33. The fraction of sp³-hybridized carbons (Fsp3) is 0.714. The van der Waals surface area contributed by atoms with E-state index in [0.29, 0.717) is 0 Å². The molecule has 0 aliphatic heterocycles. The molecule has 0 spiro atoms. The van der Waals surface area contributed by atoms with E-state index in [2.05, 4.69) is 15.5 Å². The maximum absolute atomic E-state index is 12.2. The van der Waals surface area contributed by atoms with Gasteiger partial charge in [0.1, 0.15) is 0 Å². The summed E-state index contributed by atoms with van der Waals surface area (Å²) in [6.07, 6.45) is 12.0. The summed E-state index contributed by atoms with van der Waals surface area (Å²) in [7, 11) is 0. The number of carbonyl (C=O) groups excluding carboxylic acids is 1. The molecule has 1 aromatic heterocycles. The van der Waals surface area contributed by atoms with Gasteiger partial charge in [0, 0.05) is 17.7 Å². The summed E-state index contributed by atoms with van der Waals surface area (Å²) in [6.45, 7) is 2.01. The standard InChI is InChI=1S/C14H23N3O/c1-11(13-9-15-16-10-13)17-14(18)12-7-5-3-2-4-6-8-12/h9-12H,2-8H2,1H3,(H,15,16)(H,17,18). The fourth-order valence-electron chi connectivity index (χ4n) is 2.63. The number of hydrogen-bond acceptors (Lipinski definition) is 2. The molecular formula is C14H23N3O. The molecule has 0 saturated heterocycles. The fourth-order valence-corrected chi connectivity index (χ4v) is 2.63. The smallest absolute Gasteiger partial charge is 0.223 e. The lowest BCUT2D eigenvalue weighted by Gasteiger charge is -2.21. The van der Waals surface area contributed by atoms with E-state index >= 15 is 0 Å². The van der Waals surface area contributed by atoms with Crippen LogP contribution in [0.2, 0.25) is 0 Å². The van der Waals surface area contributed by atoms with Gasteiger partial charge in [0.2, 0.25) is 5.91 Å². The van der Waals surface area contributed by atoms with Crippen LogP contribution >= 0.6 is 0 Å². The van der Waals surface area contributed by atoms with E-state index in [4.69, 9.17) is 0 Å². The second kappa shape index (κ2) is 6.57.